The van der Waals surface area contributed by atoms with E-state index in [1.54, 1.807) is 16.2 Å². The maximum atomic E-state index is 12.6. The van der Waals surface area contributed by atoms with Gasteiger partial charge < -0.3 is 10.0 Å². The van der Waals surface area contributed by atoms with Gasteiger partial charge in [0.2, 0.25) is 0 Å². The molecule has 3 rings (SSSR count). The second-order valence-corrected chi connectivity index (χ2v) is 6.92. The Balaban J connectivity index is 1.84. The van der Waals surface area contributed by atoms with Crippen molar-refractivity contribution in [2.75, 3.05) is 6.54 Å². The molecule has 1 saturated carbocycles. The van der Waals surface area contributed by atoms with Crippen molar-refractivity contribution < 1.29 is 14.7 Å². The van der Waals surface area contributed by atoms with Gasteiger partial charge in [-0.25, -0.2) is 0 Å². The van der Waals surface area contributed by atoms with E-state index in [4.69, 9.17) is 5.11 Å². The van der Waals surface area contributed by atoms with Crippen LogP contribution >= 0.6 is 11.3 Å². The Morgan fingerprint density at radius 3 is 2.80 bits per heavy atom. The number of fused-ring (bicyclic) bond motifs is 1. The van der Waals surface area contributed by atoms with Crippen molar-refractivity contribution in [3.8, 4) is 0 Å². The van der Waals surface area contributed by atoms with Crippen LogP contribution in [-0.2, 0) is 17.6 Å². The van der Waals surface area contributed by atoms with E-state index in [1.165, 1.54) is 10.4 Å². The van der Waals surface area contributed by atoms with Crippen molar-refractivity contribution in [2.24, 2.45) is 5.92 Å². The van der Waals surface area contributed by atoms with Crippen molar-refractivity contribution >= 4 is 23.2 Å². The highest BCUT2D eigenvalue weighted by Gasteiger charge is 2.36. The summed E-state index contributed by atoms with van der Waals surface area (Å²) in [4.78, 5) is 26.5. The lowest BCUT2D eigenvalue weighted by atomic mass is 9.88. The van der Waals surface area contributed by atoms with Crippen LogP contribution in [-0.4, -0.2) is 34.5 Å². The van der Waals surface area contributed by atoms with Gasteiger partial charge in [0, 0.05) is 16.3 Å². The van der Waals surface area contributed by atoms with Gasteiger partial charge in [-0.15, -0.1) is 11.3 Å². The summed E-state index contributed by atoms with van der Waals surface area (Å²) in [6.45, 7) is 2.07. The van der Waals surface area contributed by atoms with Gasteiger partial charge >= 0.3 is 5.97 Å². The number of amides is 1. The minimum Gasteiger partial charge on any atom is -0.480 e. The fraction of sp³-hybridized carbons (Fsp3) is 0.600. The molecule has 0 radical (unpaired) electrons. The van der Waals surface area contributed by atoms with Crippen molar-refractivity contribution in [3.63, 3.8) is 0 Å². The third kappa shape index (κ3) is 2.59. The zero-order valence-corrected chi connectivity index (χ0v) is 12.4. The maximum Gasteiger partial charge on any atom is 0.323 e. The van der Waals surface area contributed by atoms with Gasteiger partial charge in [-0.05, 0) is 43.6 Å². The predicted octanol–water partition coefficient (Wildman–Crippen LogP) is 2.56. The van der Waals surface area contributed by atoms with Crippen molar-refractivity contribution in [2.45, 2.75) is 45.1 Å². The quantitative estimate of drug-likeness (QED) is 0.928. The molecule has 0 bridgehead atoms. The first kappa shape index (κ1) is 13.6. The molecule has 2 aliphatic carbocycles. The van der Waals surface area contributed by atoms with Crippen LogP contribution < -0.4 is 0 Å². The van der Waals surface area contributed by atoms with E-state index in [9.17, 15) is 9.59 Å². The minimum atomic E-state index is -0.928. The second kappa shape index (κ2) is 5.20. The molecule has 1 fully saturated rings. The minimum absolute atomic E-state index is 0.0815. The molecular weight excluding hydrogens is 274 g/mol. The van der Waals surface area contributed by atoms with E-state index >= 15 is 0 Å². The zero-order valence-electron chi connectivity index (χ0n) is 11.6. The van der Waals surface area contributed by atoms with Crippen LogP contribution in [0.4, 0.5) is 0 Å². The SMILES string of the molecule is CC1CCc2c(C(=O)N(CC(=O)O)C3CC3)csc2C1. The number of nitrogens with zero attached hydrogens (tertiary/aromatic N) is 1. The first-order valence-electron chi connectivity index (χ1n) is 7.18. The van der Waals surface area contributed by atoms with E-state index in [0.29, 0.717) is 5.92 Å². The molecule has 2 aliphatic rings. The van der Waals surface area contributed by atoms with Gasteiger partial charge in [0.15, 0.2) is 0 Å². The van der Waals surface area contributed by atoms with Crippen molar-refractivity contribution in [1.82, 2.24) is 4.90 Å². The smallest absolute Gasteiger partial charge is 0.323 e. The van der Waals surface area contributed by atoms with E-state index < -0.39 is 5.97 Å². The van der Waals surface area contributed by atoms with E-state index in [0.717, 1.165) is 37.7 Å². The molecule has 1 atom stereocenters. The number of thiophene rings is 1. The first-order chi connectivity index (χ1) is 9.56. The van der Waals surface area contributed by atoms with E-state index in [-0.39, 0.29) is 18.5 Å². The van der Waals surface area contributed by atoms with Crippen LogP contribution in [0.25, 0.3) is 0 Å². The van der Waals surface area contributed by atoms with Gasteiger partial charge in [-0.2, -0.15) is 0 Å². The molecule has 1 amide bonds. The number of aliphatic carboxylic acids is 1. The Morgan fingerprint density at radius 1 is 1.40 bits per heavy atom. The molecule has 1 heterocycles. The fourth-order valence-electron chi connectivity index (χ4n) is 2.91. The van der Waals surface area contributed by atoms with Crippen molar-refractivity contribution in [3.05, 3.63) is 21.4 Å². The maximum absolute atomic E-state index is 12.6. The summed E-state index contributed by atoms with van der Waals surface area (Å²) in [7, 11) is 0. The summed E-state index contributed by atoms with van der Waals surface area (Å²) < 4.78 is 0. The first-order valence-corrected chi connectivity index (χ1v) is 8.06. The van der Waals surface area contributed by atoms with Crippen LogP contribution in [0.5, 0.6) is 0 Å². The average Bonchev–Trinajstić information content (AvgIpc) is 3.15. The molecule has 0 spiro atoms. The number of rotatable bonds is 4. The lowest BCUT2D eigenvalue weighted by molar-refractivity contribution is -0.137. The average molecular weight is 293 g/mol. The lowest BCUT2D eigenvalue weighted by Crippen LogP contribution is -2.37. The van der Waals surface area contributed by atoms with Gasteiger partial charge in [0.1, 0.15) is 6.54 Å². The molecule has 4 nitrogen and oxygen atoms in total. The van der Waals surface area contributed by atoms with Gasteiger partial charge in [0.25, 0.3) is 5.91 Å². The molecule has 5 heteroatoms. The Morgan fingerprint density at radius 2 is 2.15 bits per heavy atom. The molecule has 0 saturated heterocycles. The molecule has 1 aromatic rings. The fourth-order valence-corrected chi connectivity index (χ4v) is 4.15. The molecule has 20 heavy (non-hydrogen) atoms. The van der Waals surface area contributed by atoms with Gasteiger partial charge in [-0.1, -0.05) is 6.92 Å². The third-order valence-corrected chi connectivity index (χ3v) is 5.24. The zero-order chi connectivity index (χ0) is 14.3. The van der Waals surface area contributed by atoms with Crippen LogP contribution in [0, 0.1) is 5.92 Å². The number of hydrogen-bond donors (Lipinski definition) is 1. The number of hydrogen-bond acceptors (Lipinski definition) is 3. The summed E-state index contributed by atoms with van der Waals surface area (Å²) in [6.07, 6.45) is 4.99. The largest absolute Gasteiger partial charge is 0.480 e. The molecule has 1 N–H and O–H groups in total. The van der Waals surface area contributed by atoms with Gasteiger partial charge in [0.05, 0.1) is 5.56 Å². The molecule has 0 aliphatic heterocycles. The number of carbonyl (C=O) groups excluding carboxylic acids is 1. The Kier molecular flexibility index (Phi) is 3.54. The Bertz CT molecular complexity index is 547. The monoisotopic (exact) mass is 293 g/mol. The second-order valence-electron chi connectivity index (χ2n) is 5.96. The summed E-state index contributed by atoms with van der Waals surface area (Å²) >= 11 is 1.66. The molecule has 1 aromatic heterocycles. The predicted molar refractivity (Wildman–Crippen MR) is 77.2 cm³/mol. The topological polar surface area (TPSA) is 57.6 Å². The third-order valence-electron chi connectivity index (χ3n) is 4.19. The summed E-state index contributed by atoms with van der Waals surface area (Å²) in [5.41, 5.74) is 1.93. The number of carboxylic acid groups (broad SMARTS) is 1. The Labute approximate surface area is 122 Å². The molecule has 1 unspecified atom stereocenters. The standard InChI is InChI=1S/C15H19NO3S/c1-9-2-5-11-12(8-20-13(11)6-9)15(19)16(7-14(17)18)10-3-4-10/h8-10H,2-7H2,1H3,(H,17,18). The van der Waals surface area contributed by atoms with E-state index in [2.05, 4.69) is 6.92 Å². The summed E-state index contributed by atoms with van der Waals surface area (Å²) in [6, 6.07) is 0.136. The molecular formula is C15H19NO3S. The highest BCUT2D eigenvalue weighted by Crippen LogP contribution is 2.35. The van der Waals surface area contributed by atoms with Crippen LogP contribution in [0.1, 0.15) is 47.0 Å². The number of carboxylic acids is 1. The van der Waals surface area contributed by atoms with Crippen LogP contribution in [0.2, 0.25) is 0 Å². The van der Waals surface area contributed by atoms with E-state index in [1.807, 2.05) is 5.38 Å². The highest BCUT2D eigenvalue weighted by molar-refractivity contribution is 7.10. The lowest BCUT2D eigenvalue weighted by Gasteiger charge is -2.23. The van der Waals surface area contributed by atoms with Gasteiger partial charge in [-0.3, -0.25) is 9.59 Å². The number of carbonyl (C=O) groups is 2. The Hall–Kier alpha value is -1.36. The van der Waals surface area contributed by atoms with Crippen molar-refractivity contribution in [1.29, 1.82) is 0 Å². The van der Waals surface area contributed by atoms with Crippen LogP contribution in [0.3, 0.4) is 0 Å². The summed E-state index contributed by atoms with van der Waals surface area (Å²) in [5, 5.41) is 10.9. The normalized spacial score (nSPS) is 21.4. The highest BCUT2D eigenvalue weighted by atomic mass is 32.1. The van der Waals surface area contributed by atoms with Crippen LogP contribution in [0.15, 0.2) is 5.38 Å². The molecule has 108 valence electrons. The summed E-state index contributed by atoms with van der Waals surface area (Å²) in [5.74, 6) is -0.326. The molecule has 0 aromatic carbocycles.